The van der Waals surface area contributed by atoms with Crippen molar-refractivity contribution in [2.75, 3.05) is 6.61 Å². The van der Waals surface area contributed by atoms with Crippen LogP contribution in [0.25, 0.3) is 5.70 Å². The number of benzene rings is 2. The lowest BCUT2D eigenvalue weighted by Crippen LogP contribution is -2.45. The van der Waals surface area contributed by atoms with Crippen LogP contribution >= 0.6 is 12.2 Å². The maximum atomic E-state index is 13.6. The lowest BCUT2D eigenvalue weighted by atomic mass is 9.90. The second-order valence-corrected chi connectivity index (χ2v) is 6.40. The van der Waals surface area contributed by atoms with Crippen molar-refractivity contribution in [1.29, 1.82) is 0 Å². The van der Waals surface area contributed by atoms with Crippen LogP contribution in [-0.4, -0.2) is 17.7 Å². The summed E-state index contributed by atoms with van der Waals surface area (Å²) in [4.78, 5) is 12.7. The van der Waals surface area contributed by atoms with E-state index in [1.54, 1.807) is 37.3 Å². The van der Waals surface area contributed by atoms with Crippen LogP contribution in [0.15, 0.2) is 60.2 Å². The first kappa shape index (κ1) is 19.9. The minimum absolute atomic E-state index is 0.0401. The predicted octanol–water partition coefficient (Wildman–Crippen LogP) is 4.20. The predicted molar refractivity (Wildman–Crippen MR) is 103 cm³/mol. The van der Waals surface area contributed by atoms with Gasteiger partial charge in [0.05, 0.1) is 29.5 Å². The molecule has 0 saturated carbocycles. The molecule has 0 saturated heterocycles. The Kier molecular flexibility index (Phi) is 5.69. The third-order valence-electron chi connectivity index (χ3n) is 4.21. The van der Waals surface area contributed by atoms with Crippen molar-refractivity contribution >= 4 is 29.0 Å². The fourth-order valence-corrected chi connectivity index (χ4v) is 3.29. The topological polar surface area (TPSA) is 50.4 Å². The van der Waals surface area contributed by atoms with Crippen LogP contribution in [-0.2, 0) is 15.7 Å². The van der Waals surface area contributed by atoms with Crippen LogP contribution < -0.4 is 10.6 Å². The molecular formula is C20H17F3N2O2S. The first-order valence-corrected chi connectivity index (χ1v) is 8.94. The van der Waals surface area contributed by atoms with Gasteiger partial charge in [-0.1, -0.05) is 48.5 Å². The second-order valence-electron chi connectivity index (χ2n) is 5.99. The third-order valence-corrected chi connectivity index (χ3v) is 4.43. The minimum atomic E-state index is -4.59. The van der Waals surface area contributed by atoms with E-state index in [1.165, 1.54) is 18.2 Å². The van der Waals surface area contributed by atoms with E-state index < -0.39 is 23.8 Å². The summed E-state index contributed by atoms with van der Waals surface area (Å²) in [6.45, 7) is 1.72. The molecule has 2 aromatic carbocycles. The molecule has 0 spiro atoms. The summed E-state index contributed by atoms with van der Waals surface area (Å²) in [6, 6.07) is 12.8. The largest absolute Gasteiger partial charge is 0.463 e. The van der Waals surface area contributed by atoms with Gasteiger partial charge in [0.2, 0.25) is 0 Å². The van der Waals surface area contributed by atoms with Crippen molar-refractivity contribution in [3.05, 3.63) is 76.9 Å². The van der Waals surface area contributed by atoms with Gasteiger partial charge >= 0.3 is 12.1 Å². The van der Waals surface area contributed by atoms with E-state index in [2.05, 4.69) is 10.6 Å². The van der Waals surface area contributed by atoms with Crippen molar-refractivity contribution in [3.8, 4) is 0 Å². The average Bonchev–Trinajstić information content (AvgIpc) is 2.67. The Morgan fingerprint density at radius 1 is 1.11 bits per heavy atom. The van der Waals surface area contributed by atoms with Crippen molar-refractivity contribution in [3.63, 3.8) is 0 Å². The SMILES string of the molecule is CCOC(=O)C1=C(c2ccccc2)NC(=S)N[C@@H]1c1ccccc1C(F)(F)F. The quantitative estimate of drug-likeness (QED) is 0.589. The molecule has 146 valence electrons. The first-order chi connectivity index (χ1) is 13.3. The van der Waals surface area contributed by atoms with Crippen molar-refractivity contribution in [1.82, 2.24) is 10.6 Å². The molecule has 0 radical (unpaired) electrons. The monoisotopic (exact) mass is 406 g/mol. The molecule has 0 aromatic heterocycles. The highest BCUT2D eigenvalue weighted by molar-refractivity contribution is 7.80. The van der Waals surface area contributed by atoms with Crippen LogP contribution in [0, 0.1) is 0 Å². The number of esters is 1. The molecule has 4 nitrogen and oxygen atoms in total. The lowest BCUT2D eigenvalue weighted by Gasteiger charge is -2.32. The Balaban J connectivity index is 2.25. The Bertz CT molecular complexity index is 927. The number of rotatable bonds is 4. The summed E-state index contributed by atoms with van der Waals surface area (Å²) in [5.41, 5.74) is 0.0359. The van der Waals surface area contributed by atoms with Gasteiger partial charge in [-0.05, 0) is 36.3 Å². The zero-order chi connectivity index (χ0) is 20.3. The van der Waals surface area contributed by atoms with Gasteiger partial charge in [-0.3, -0.25) is 0 Å². The number of nitrogens with one attached hydrogen (secondary N) is 2. The first-order valence-electron chi connectivity index (χ1n) is 8.53. The Hall–Kier alpha value is -2.87. The number of thiocarbonyl (C=S) groups is 1. The number of ether oxygens (including phenoxy) is 1. The van der Waals surface area contributed by atoms with Crippen LogP contribution in [0.5, 0.6) is 0 Å². The standard InChI is InChI=1S/C20H17F3N2O2S/c1-2-27-18(26)15-16(12-8-4-3-5-9-12)24-19(28)25-17(15)13-10-6-7-11-14(13)20(21,22)23/h3-11,17H,2H2,1H3,(H2,24,25,28)/t17-/m1/s1. The van der Waals surface area contributed by atoms with Crippen LogP contribution in [0.4, 0.5) is 13.2 Å². The molecule has 0 amide bonds. The highest BCUT2D eigenvalue weighted by Crippen LogP contribution is 2.39. The molecular weight excluding hydrogens is 389 g/mol. The van der Waals surface area contributed by atoms with Crippen molar-refractivity contribution in [2.24, 2.45) is 0 Å². The zero-order valence-corrected chi connectivity index (χ0v) is 15.7. The highest BCUT2D eigenvalue weighted by atomic mass is 32.1. The normalized spacial score (nSPS) is 17.0. The summed E-state index contributed by atoms with van der Waals surface area (Å²) >= 11 is 5.21. The number of alkyl halides is 3. The molecule has 2 aromatic rings. The highest BCUT2D eigenvalue weighted by Gasteiger charge is 2.40. The van der Waals surface area contributed by atoms with E-state index in [9.17, 15) is 18.0 Å². The molecule has 1 atom stereocenters. The van der Waals surface area contributed by atoms with E-state index in [0.717, 1.165) is 6.07 Å². The summed E-state index contributed by atoms with van der Waals surface area (Å²) in [5.74, 6) is -0.717. The Labute approximate surface area is 165 Å². The molecule has 0 bridgehead atoms. The van der Waals surface area contributed by atoms with Gasteiger partial charge in [-0.25, -0.2) is 4.79 Å². The number of halogens is 3. The fraction of sp³-hybridized carbons (Fsp3) is 0.200. The van der Waals surface area contributed by atoms with E-state index >= 15 is 0 Å². The van der Waals surface area contributed by atoms with E-state index in [0.29, 0.717) is 11.3 Å². The van der Waals surface area contributed by atoms with Gasteiger partial charge in [0, 0.05) is 0 Å². The van der Waals surface area contributed by atoms with E-state index in [4.69, 9.17) is 17.0 Å². The summed E-state index contributed by atoms with van der Waals surface area (Å²) < 4.78 is 45.9. The molecule has 28 heavy (non-hydrogen) atoms. The maximum absolute atomic E-state index is 13.6. The van der Waals surface area contributed by atoms with Crippen LogP contribution in [0.1, 0.15) is 29.7 Å². The fourth-order valence-electron chi connectivity index (χ4n) is 3.07. The van der Waals surface area contributed by atoms with Gasteiger partial charge in [-0.2, -0.15) is 13.2 Å². The van der Waals surface area contributed by atoms with Crippen LogP contribution in [0.3, 0.4) is 0 Å². The van der Waals surface area contributed by atoms with E-state index in [1.807, 2.05) is 0 Å². The minimum Gasteiger partial charge on any atom is -0.463 e. The summed E-state index contributed by atoms with van der Waals surface area (Å²) in [6.07, 6.45) is -4.59. The molecule has 0 fully saturated rings. The van der Waals surface area contributed by atoms with Crippen molar-refractivity contribution in [2.45, 2.75) is 19.1 Å². The smallest absolute Gasteiger partial charge is 0.416 e. The molecule has 0 unspecified atom stereocenters. The molecule has 2 N–H and O–H groups in total. The zero-order valence-electron chi connectivity index (χ0n) is 14.8. The maximum Gasteiger partial charge on any atom is 0.416 e. The molecule has 3 rings (SSSR count). The lowest BCUT2D eigenvalue weighted by molar-refractivity contribution is -0.140. The summed E-state index contributed by atoms with van der Waals surface area (Å²) in [5, 5.41) is 5.81. The number of hydrogen-bond donors (Lipinski definition) is 2. The number of hydrogen-bond acceptors (Lipinski definition) is 3. The molecule has 0 aliphatic carbocycles. The van der Waals surface area contributed by atoms with Gasteiger partial charge in [0.25, 0.3) is 0 Å². The van der Waals surface area contributed by atoms with E-state index in [-0.39, 0.29) is 22.9 Å². The Morgan fingerprint density at radius 2 is 1.75 bits per heavy atom. The van der Waals surface area contributed by atoms with Crippen LogP contribution in [0.2, 0.25) is 0 Å². The second kappa shape index (κ2) is 8.02. The molecule has 1 aliphatic heterocycles. The molecule has 1 heterocycles. The van der Waals surface area contributed by atoms with Gasteiger partial charge in [0.1, 0.15) is 0 Å². The number of carbonyl (C=O) groups is 1. The van der Waals surface area contributed by atoms with Gasteiger partial charge in [0.15, 0.2) is 5.11 Å². The third kappa shape index (κ3) is 4.01. The summed E-state index contributed by atoms with van der Waals surface area (Å²) in [7, 11) is 0. The average molecular weight is 406 g/mol. The number of carbonyl (C=O) groups excluding carboxylic acids is 1. The van der Waals surface area contributed by atoms with Gasteiger partial charge in [-0.15, -0.1) is 0 Å². The molecule has 1 aliphatic rings. The van der Waals surface area contributed by atoms with Gasteiger partial charge < -0.3 is 15.4 Å². The van der Waals surface area contributed by atoms with Crippen molar-refractivity contribution < 1.29 is 22.7 Å². The Morgan fingerprint density at radius 3 is 2.39 bits per heavy atom. The molecule has 8 heteroatoms.